The number of nitrogens with zero attached hydrogens (tertiary/aromatic N) is 2. The Balaban J connectivity index is 1.31. The summed E-state index contributed by atoms with van der Waals surface area (Å²) in [4.78, 5) is 17.2. The lowest BCUT2D eigenvalue weighted by molar-refractivity contribution is 0.102. The zero-order valence-electron chi connectivity index (χ0n) is 17.2. The number of carbonyl (C=O) groups is 1. The van der Waals surface area contributed by atoms with Crippen molar-refractivity contribution >= 4 is 44.2 Å². The number of thioether (sulfide) groups is 1. The van der Waals surface area contributed by atoms with Crippen LogP contribution < -0.4 is 5.32 Å². The molecule has 0 spiro atoms. The molecule has 2 aromatic carbocycles. The molecule has 1 N–H and O–H groups in total. The highest BCUT2D eigenvalue weighted by molar-refractivity contribution is 7.97. The quantitative estimate of drug-likeness (QED) is 0.492. The van der Waals surface area contributed by atoms with Gasteiger partial charge in [0.15, 0.2) is 5.13 Å². The Morgan fingerprint density at radius 3 is 2.44 bits per heavy atom. The van der Waals surface area contributed by atoms with Gasteiger partial charge < -0.3 is 0 Å². The number of amides is 1. The van der Waals surface area contributed by atoms with Crippen LogP contribution in [0.3, 0.4) is 0 Å². The van der Waals surface area contributed by atoms with E-state index >= 15 is 0 Å². The third-order valence-electron chi connectivity index (χ3n) is 5.02. The normalized spacial score (nSPS) is 14.5. The first-order valence-corrected chi connectivity index (χ1v) is 13.6. The molecule has 10 heteroatoms. The summed E-state index contributed by atoms with van der Waals surface area (Å²) in [6.45, 7) is 1.08. The Labute approximate surface area is 194 Å². The largest absolute Gasteiger partial charge is 0.298 e. The standard InChI is InChI=1S/C22H22FN3O3S3/c23-18-7-3-16(4-8-18)13-30-14-19-15-31-22(24-19)25-21(27)17-5-9-20(10-6-17)32(28,29)26-11-1-2-12-26/h3-10,15H,1-2,11-14H2,(H,24,25,27). The first kappa shape index (κ1) is 22.9. The molecule has 0 aliphatic carbocycles. The fraction of sp³-hybridized carbons (Fsp3) is 0.273. The van der Waals surface area contributed by atoms with Gasteiger partial charge in [0.1, 0.15) is 5.82 Å². The average Bonchev–Trinajstić information content (AvgIpc) is 3.48. The van der Waals surface area contributed by atoms with E-state index in [1.165, 1.54) is 52.0 Å². The predicted octanol–water partition coefficient (Wildman–Crippen LogP) is 4.75. The molecular formula is C22H22FN3O3S3. The highest BCUT2D eigenvalue weighted by Gasteiger charge is 2.27. The summed E-state index contributed by atoms with van der Waals surface area (Å²) >= 11 is 2.99. The van der Waals surface area contributed by atoms with Crippen LogP contribution in [0, 0.1) is 5.82 Å². The minimum atomic E-state index is -3.50. The molecule has 1 fully saturated rings. The maximum Gasteiger partial charge on any atom is 0.257 e. The van der Waals surface area contributed by atoms with E-state index in [1.54, 1.807) is 23.9 Å². The van der Waals surface area contributed by atoms with Crippen molar-refractivity contribution in [1.82, 2.24) is 9.29 Å². The van der Waals surface area contributed by atoms with Crippen LogP contribution in [0.25, 0.3) is 0 Å². The summed E-state index contributed by atoms with van der Waals surface area (Å²) in [5.74, 6) is 0.829. The zero-order valence-corrected chi connectivity index (χ0v) is 19.6. The van der Waals surface area contributed by atoms with Gasteiger partial charge in [-0.3, -0.25) is 10.1 Å². The molecule has 6 nitrogen and oxygen atoms in total. The molecule has 0 atom stereocenters. The predicted molar refractivity (Wildman–Crippen MR) is 126 cm³/mol. The summed E-state index contributed by atoms with van der Waals surface area (Å²) in [5.41, 5.74) is 2.26. The molecule has 32 heavy (non-hydrogen) atoms. The van der Waals surface area contributed by atoms with Crippen molar-refractivity contribution in [2.45, 2.75) is 29.2 Å². The van der Waals surface area contributed by atoms with Crippen molar-refractivity contribution in [1.29, 1.82) is 0 Å². The fourth-order valence-corrected chi connectivity index (χ4v) is 6.52. The lowest BCUT2D eigenvalue weighted by Crippen LogP contribution is -2.27. The van der Waals surface area contributed by atoms with Gasteiger partial charge in [-0.05, 0) is 54.8 Å². The zero-order chi connectivity index (χ0) is 22.6. The van der Waals surface area contributed by atoms with Gasteiger partial charge >= 0.3 is 0 Å². The number of nitrogens with one attached hydrogen (secondary N) is 1. The Kier molecular flexibility index (Phi) is 7.24. The molecule has 1 aliphatic heterocycles. The number of sulfonamides is 1. The van der Waals surface area contributed by atoms with Crippen LogP contribution in [0.2, 0.25) is 0 Å². The topological polar surface area (TPSA) is 79.4 Å². The maximum atomic E-state index is 13.0. The van der Waals surface area contributed by atoms with Crippen molar-refractivity contribution in [3.63, 3.8) is 0 Å². The molecule has 4 rings (SSSR count). The van der Waals surface area contributed by atoms with E-state index in [0.717, 1.165) is 29.9 Å². The van der Waals surface area contributed by atoms with E-state index in [9.17, 15) is 17.6 Å². The van der Waals surface area contributed by atoms with Crippen LogP contribution in [-0.2, 0) is 21.5 Å². The second kappa shape index (κ2) is 10.1. The maximum absolute atomic E-state index is 13.0. The van der Waals surface area contributed by atoms with Gasteiger partial charge in [0.2, 0.25) is 10.0 Å². The van der Waals surface area contributed by atoms with E-state index in [2.05, 4.69) is 10.3 Å². The van der Waals surface area contributed by atoms with Gasteiger partial charge in [-0.2, -0.15) is 16.1 Å². The molecule has 0 bridgehead atoms. The molecule has 0 radical (unpaired) electrons. The van der Waals surface area contributed by atoms with E-state index in [4.69, 9.17) is 0 Å². The first-order chi connectivity index (χ1) is 15.4. The molecule has 1 amide bonds. The van der Waals surface area contributed by atoms with Crippen LogP contribution >= 0.6 is 23.1 Å². The third kappa shape index (κ3) is 5.55. The Hall–Kier alpha value is -2.27. The van der Waals surface area contributed by atoms with Gasteiger partial charge in [-0.25, -0.2) is 17.8 Å². The summed E-state index contributed by atoms with van der Waals surface area (Å²) in [6.07, 6.45) is 1.75. The summed E-state index contributed by atoms with van der Waals surface area (Å²) in [7, 11) is -3.50. The smallest absolute Gasteiger partial charge is 0.257 e. The second-order valence-electron chi connectivity index (χ2n) is 7.35. The van der Waals surface area contributed by atoms with Crippen molar-refractivity contribution in [2.24, 2.45) is 0 Å². The van der Waals surface area contributed by atoms with Gasteiger partial charge in [0, 0.05) is 35.5 Å². The summed E-state index contributed by atoms with van der Waals surface area (Å²) in [5, 5.41) is 5.14. The monoisotopic (exact) mass is 491 g/mol. The molecule has 2 heterocycles. The van der Waals surface area contributed by atoms with Gasteiger partial charge in [0.25, 0.3) is 5.91 Å². The first-order valence-electron chi connectivity index (χ1n) is 10.1. The fourth-order valence-electron chi connectivity index (χ4n) is 3.31. The Bertz CT molecular complexity index is 1170. The van der Waals surface area contributed by atoms with E-state index < -0.39 is 10.0 Å². The minimum absolute atomic E-state index is 0.200. The van der Waals surface area contributed by atoms with Crippen molar-refractivity contribution < 1.29 is 17.6 Å². The van der Waals surface area contributed by atoms with Gasteiger partial charge in [-0.15, -0.1) is 11.3 Å². The molecule has 168 valence electrons. The van der Waals surface area contributed by atoms with Crippen LogP contribution in [0.4, 0.5) is 9.52 Å². The van der Waals surface area contributed by atoms with Crippen molar-refractivity contribution in [2.75, 3.05) is 18.4 Å². The minimum Gasteiger partial charge on any atom is -0.298 e. The molecule has 1 aliphatic rings. The number of carbonyl (C=O) groups excluding carboxylic acids is 1. The molecule has 1 saturated heterocycles. The Morgan fingerprint density at radius 1 is 1.06 bits per heavy atom. The number of thiazole rings is 1. The number of anilines is 1. The number of hydrogen-bond donors (Lipinski definition) is 1. The van der Waals surface area contributed by atoms with Crippen LogP contribution in [0.5, 0.6) is 0 Å². The van der Waals surface area contributed by atoms with Gasteiger partial charge in [-0.1, -0.05) is 12.1 Å². The van der Waals surface area contributed by atoms with E-state index in [-0.39, 0.29) is 16.6 Å². The third-order valence-corrected chi connectivity index (χ3v) is 8.78. The number of rotatable bonds is 8. The lowest BCUT2D eigenvalue weighted by atomic mass is 10.2. The number of benzene rings is 2. The van der Waals surface area contributed by atoms with Crippen LogP contribution in [0.1, 0.15) is 34.5 Å². The van der Waals surface area contributed by atoms with Crippen LogP contribution in [0.15, 0.2) is 58.8 Å². The van der Waals surface area contributed by atoms with Crippen molar-refractivity contribution in [3.05, 3.63) is 76.5 Å². The van der Waals surface area contributed by atoms with E-state index in [0.29, 0.717) is 29.5 Å². The highest BCUT2D eigenvalue weighted by Crippen LogP contribution is 2.24. The van der Waals surface area contributed by atoms with E-state index in [1.807, 2.05) is 5.38 Å². The summed E-state index contributed by atoms with van der Waals surface area (Å²) in [6, 6.07) is 12.4. The average molecular weight is 492 g/mol. The highest BCUT2D eigenvalue weighted by atomic mass is 32.2. The number of aromatic nitrogens is 1. The Morgan fingerprint density at radius 2 is 1.75 bits per heavy atom. The molecular weight excluding hydrogens is 469 g/mol. The molecule has 1 aromatic heterocycles. The lowest BCUT2D eigenvalue weighted by Gasteiger charge is -2.15. The SMILES string of the molecule is O=C(Nc1nc(CSCc2ccc(F)cc2)cs1)c1ccc(S(=O)(=O)N2CCCC2)cc1. The van der Waals surface area contributed by atoms with Gasteiger partial charge in [0.05, 0.1) is 10.6 Å². The second-order valence-corrected chi connectivity index (χ2v) is 11.1. The number of hydrogen-bond acceptors (Lipinski definition) is 6. The molecule has 0 saturated carbocycles. The summed E-state index contributed by atoms with van der Waals surface area (Å²) < 4.78 is 39.6. The number of halogens is 1. The molecule has 0 unspecified atom stereocenters. The van der Waals surface area contributed by atoms with Crippen LogP contribution in [-0.4, -0.2) is 36.7 Å². The van der Waals surface area contributed by atoms with Crippen molar-refractivity contribution in [3.8, 4) is 0 Å². The molecule has 3 aromatic rings.